The number of hydrogen-bond acceptors (Lipinski definition) is 3. The van der Waals surface area contributed by atoms with Gasteiger partial charge in [0.15, 0.2) is 0 Å². The molecule has 2 aromatic rings. The van der Waals surface area contributed by atoms with Gasteiger partial charge in [0, 0.05) is 18.7 Å². The van der Waals surface area contributed by atoms with Gasteiger partial charge in [-0.05, 0) is 42.5 Å². The number of amides is 1. The van der Waals surface area contributed by atoms with Crippen LogP contribution in [0.2, 0.25) is 0 Å². The summed E-state index contributed by atoms with van der Waals surface area (Å²) in [6, 6.07) is 19.7. The molecule has 25 heavy (non-hydrogen) atoms. The van der Waals surface area contributed by atoms with Gasteiger partial charge in [0.1, 0.15) is 0 Å². The summed E-state index contributed by atoms with van der Waals surface area (Å²) in [5.41, 5.74) is 2.42. The van der Waals surface area contributed by atoms with E-state index in [0.29, 0.717) is 18.7 Å². The Labute approximate surface area is 148 Å². The highest BCUT2D eigenvalue weighted by atomic mass is 16.3. The van der Waals surface area contributed by atoms with Gasteiger partial charge in [-0.15, -0.1) is 0 Å². The van der Waals surface area contributed by atoms with Crippen molar-refractivity contribution < 1.29 is 9.90 Å². The fraction of sp³-hybridized carbons (Fsp3) is 0.333. The number of aliphatic hydroxyl groups is 1. The van der Waals surface area contributed by atoms with E-state index in [4.69, 9.17) is 0 Å². The van der Waals surface area contributed by atoms with Crippen LogP contribution in [0.3, 0.4) is 0 Å². The minimum absolute atomic E-state index is 0.0594. The Morgan fingerprint density at radius 2 is 1.76 bits per heavy atom. The predicted octanol–water partition coefficient (Wildman–Crippen LogP) is 2.92. The molecule has 4 nitrogen and oxygen atoms in total. The molecule has 0 radical (unpaired) electrons. The van der Waals surface area contributed by atoms with Crippen molar-refractivity contribution in [1.82, 2.24) is 4.90 Å². The van der Waals surface area contributed by atoms with Crippen LogP contribution < -0.4 is 0 Å². The molecule has 2 aromatic carbocycles. The molecule has 0 aliphatic heterocycles. The number of hydrogen-bond donors (Lipinski definition) is 1. The van der Waals surface area contributed by atoms with Crippen molar-refractivity contribution in [2.75, 3.05) is 19.7 Å². The highest BCUT2D eigenvalue weighted by molar-refractivity contribution is 5.94. The lowest BCUT2D eigenvalue weighted by atomic mass is 9.96. The van der Waals surface area contributed by atoms with Gasteiger partial charge >= 0.3 is 0 Å². The molecule has 1 aliphatic rings. The molecule has 1 amide bonds. The SMILES string of the molecule is N#CC1(c2ccc(C(=O)N(CCO)CCc3ccccc3)cc2)CC1. The molecule has 0 bridgehead atoms. The first-order chi connectivity index (χ1) is 12.2. The Kier molecular flexibility index (Phi) is 5.16. The van der Waals surface area contributed by atoms with Crippen molar-refractivity contribution in [2.24, 2.45) is 0 Å². The van der Waals surface area contributed by atoms with Gasteiger partial charge in [-0.3, -0.25) is 4.79 Å². The molecule has 0 aromatic heterocycles. The van der Waals surface area contributed by atoms with E-state index >= 15 is 0 Å². The molecular formula is C21H22N2O2. The number of aliphatic hydroxyl groups excluding tert-OH is 1. The minimum Gasteiger partial charge on any atom is -0.395 e. The highest BCUT2D eigenvalue weighted by Gasteiger charge is 2.44. The third-order valence-corrected chi connectivity index (χ3v) is 4.82. The van der Waals surface area contributed by atoms with Gasteiger partial charge < -0.3 is 10.0 Å². The third-order valence-electron chi connectivity index (χ3n) is 4.82. The molecular weight excluding hydrogens is 312 g/mol. The van der Waals surface area contributed by atoms with E-state index in [1.165, 1.54) is 5.56 Å². The van der Waals surface area contributed by atoms with E-state index in [1.54, 1.807) is 17.0 Å². The smallest absolute Gasteiger partial charge is 0.253 e. The van der Waals surface area contributed by atoms with Gasteiger partial charge in [0.25, 0.3) is 5.91 Å². The van der Waals surface area contributed by atoms with Crippen molar-refractivity contribution in [2.45, 2.75) is 24.7 Å². The molecule has 128 valence electrons. The maximum absolute atomic E-state index is 12.8. The van der Waals surface area contributed by atoms with E-state index < -0.39 is 0 Å². The highest BCUT2D eigenvalue weighted by Crippen LogP contribution is 2.47. The standard InChI is InChI=1S/C21H22N2O2/c22-16-21(11-12-21)19-8-6-18(7-9-19)20(25)23(14-15-24)13-10-17-4-2-1-3-5-17/h1-9,24H,10-15H2. The predicted molar refractivity (Wildman–Crippen MR) is 96.1 cm³/mol. The summed E-state index contributed by atoms with van der Waals surface area (Å²) in [5.74, 6) is -0.0849. The zero-order valence-electron chi connectivity index (χ0n) is 14.2. The number of nitriles is 1. The van der Waals surface area contributed by atoms with Crippen molar-refractivity contribution in [3.63, 3.8) is 0 Å². The summed E-state index contributed by atoms with van der Waals surface area (Å²) in [6.07, 6.45) is 2.54. The van der Waals surface area contributed by atoms with Crippen LogP contribution in [-0.4, -0.2) is 35.6 Å². The maximum atomic E-state index is 12.8. The third kappa shape index (κ3) is 3.89. The fourth-order valence-electron chi connectivity index (χ4n) is 3.05. The Balaban J connectivity index is 1.68. The second kappa shape index (κ2) is 7.50. The molecule has 0 spiro atoms. The topological polar surface area (TPSA) is 64.3 Å². The average Bonchev–Trinajstić information content (AvgIpc) is 3.47. The Bertz CT molecular complexity index is 759. The minimum atomic E-state index is -0.334. The Morgan fingerprint density at radius 1 is 1.08 bits per heavy atom. The van der Waals surface area contributed by atoms with Gasteiger partial charge in [-0.2, -0.15) is 5.26 Å². The van der Waals surface area contributed by atoms with Crippen LogP contribution in [0, 0.1) is 11.3 Å². The van der Waals surface area contributed by atoms with Crippen LogP contribution in [0.15, 0.2) is 54.6 Å². The van der Waals surface area contributed by atoms with Crippen molar-refractivity contribution in [3.8, 4) is 6.07 Å². The van der Waals surface area contributed by atoms with E-state index in [-0.39, 0.29) is 17.9 Å². The second-order valence-corrected chi connectivity index (χ2v) is 6.52. The lowest BCUT2D eigenvalue weighted by Gasteiger charge is -2.22. The summed E-state index contributed by atoms with van der Waals surface area (Å²) in [5, 5.41) is 18.6. The lowest BCUT2D eigenvalue weighted by Crippen LogP contribution is -2.35. The normalized spacial score (nSPS) is 14.6. The number of rotatable bonds is 7. The molecule has 3 rings (SSSR count). The zero-order chi connectivity index (χ0) is 17.7. The first-order valence-corrected chi connectivity index (χ1v) is 8.64. The van der Waals surface area contributed by atoms with Gasteiger partial charge in [-0.1, -0.05) is 42.5 Å². The van der Waals surface area contributed by atoms with E-state index in [1.807, 2.05) is 42.5 Å². The lowest BCUT2D eigenvalue weighted by molar-refractivity contribution is 0.0724. The van der Waals surface area contributed by atoms with Gasteiger partial charge in [-0.25, -0.2) is 0 Å². The first kappa shape index (κ1) is 17.2. The monoisotopic (exact) mass is 334 g/mol. The average molecular weight is 334 g/mol. The molecule has 1 saturated carbocycles. The number of benzene rings is 2. The van der Waals surface area contributed by atoms with Crippen molar-refractivity contribution >= 4 is 5.91 Å². The van der Waals surface area contributed by atoms with Crippen LogP contribution in [0.1, 0.15) is 34.3 Å². The number of carbonyl (C=O) groups is 1. The van der Waals surface area contributed by atoms with E-state index in [2.05, 4.69) is 6.07 Å². The van der Waals surface area contributed by atoms with Crippen LogP contribution in [-0.2, 0) is 11.8 Å². The summed E-state index contributed by atoms with van der Waals surface area (Å²) in [7, 11) is 0. The molecule has 0 heterocycles. The van der Waals surface area contributed by atoms with Gasteiger partial charge in [0.05, 0.1) is 18.1 Å². The summed E-state index contributed by atoms with van der Waals surface area (Å²) in [6.45, 7) is 0.818. The van der Waals surface area contributed by atoms with Crippen molar-refractivity contribution in [1.29, 1.82) is 5.26 Å². The molecule has 0 atom stereocenters. The Morgan fingerprint density at radius 3 is 2.32 bits per heavy atom. The summed E-state index contributed by atoms with van der Waals surface area (Å²) < 4.78 is 0. The second-order valence-electron chi connectivity index (χ2n) is 6.52. The van der Waals surface area contributed by atoms with Gasteiger partial charge in [0.2, 0.25) is 0 Å². The quantitative estimate of drug-likeness (QED) is 0.847. The molecule has 0 unspecified atom stereocenters. The maximum Gasteiger partial charge on any atom is 0.253 e. The van der Waals surface area contributed by atoms with Crippen LogP contribution in [0.4, 0.5) is 0 Å². The van der Waals surface area contributed by atoms with Crippen LogP contribution in [0.25, 0.3) is 0 Å². The molecule has 1 fully saturated rings. The Hall–Kier alpha value is -2.64. The molecule has 1 N–H and O–H groups in total. The molecule has 1 aliphatic carbocycles. The first-order valence-electron chi connectivity index (χ1n) is 8.64. The number of carbonyl (C=O) groups excluding carboxylic acids is 1. The molecule has 4 heteroatoms. The molecule has 0 saturated heterocycles. The van der Waals surface area contributed by atoms with Crippen LogP contribution >= 0.6 is 0 Å². The van der Waals surface area contributed by atoms with Crippen molar-refractivity contribution in [3.05, 3.63) is 71.3 Å². The van der Waals surface area contributed by atoms with E-state index in [0.717, 1.165) is 24.8 Å². The largest absolute Gasteiger partial charge is 0.395 e. The van der Waals surface area contributed by atoms with E-state index in [9.17, 15) is 15.2 Å². The summed E-state index contributed by atoms with van der Waals surface area (Å²) >= 11 is 0. The fourth-order valence-corrected chi connectivity index (χ4v) is 3.05. The summed E-state index contributed by atoms with van der Waals surface area (Å²) in [4.78, 5) is 14.4. The zero-order valence-corrected chi connectivity index (χ0v) is 14.2. The van der Waals surface area contributed by atoms with Crippen LogP contribution in [0.5, 0.6) is 0 Å². The number of nitrogens with zero attached hydrogens (tertiary/aromatic N) is 2.